The number of hydrogen-bond acceptors (Lipinski definition) is 4. The molecule has 4 nitrogen and oxygen atoms in total. The van der Waals surface area contributed by atoms with Crippen LogP contribution in [0.1, 0.15) is 34.0 Å². The minimum Gasteiger partial charge on any atom is -0.465 e. The minimum atomic E-state index is -0.464. The molecular formula is C12H13NO3. The molecule has 0 spiro atoms. The van der Waals surface area contributed by atoms with Crippen LogP contribution in [-0.4, -0.2) is 18.2 Å². The summed E-state index contributed by atoms with van der Waals surface area (Å²) in [5, 5.41) is 18.1. The number of benzene rings is 1. The fourth-order valence-corrected chi connectivity index (χ4v) is 1.55. The standard InChI is InChI=1S/C12H13NO3/c1-3-8-4-9(12(15)16-2)5-10(7-14)11(8)6-13/h4-5,14H,3,7H2,1-2H3. The Morgan fingerprint density at radius 3 is 2.56 bits per heavy atom. The normalized spacial score (nSPS) is 9.62. The number of aliphatic hydroxyl groups is 1. The van der Waals surface area contributed by atoms with Gasteiger partial charge in [-0.25, -0.2) is 4.79 Å². The Bertz CT molecular complexity index is 421. The molecular weight excluding hydrogens is 206 g/mol. The molecule has 0 aliphatic rings. The number of nitrogens with zero attached hydrogens (tertiary/aromatic N) is 1. The molecule has 0 unspecified atom stereocenters. The van der Waals surface area contributed by atoms with Gasteiger partial charge in [0.25, 0.3) is 0 Å². The summed E-state index contributed by atoms with van der Waals surface area (Å²) < 4.78 is 4.61. The molecule has 0 aliphatic heterocycles. The van der Waals surface area contributed by atoms with Crippen molar-refractivity contribution >= 4 is 5.97 Å². The van der Waals surface area contributed by atoms with E-state index in [1.165, 1.54) is 13.2 Å². The van der Waals surface area contributed by atoms with E-state index in [1.807, 2.05) is 13.0 Å². The van der Waals surface area contributed by atoms with Crippen molar-refractivity contribution in [2.45, 2.75) is 20.0 Å². The van der Waals surface area contributed by atoms with Crippen molar-refractivity contribution in [2.75, 3.05) is 7.11 Å². The highest BCUT2D eigenvalue weighted by Gasteiger charge is 2.13. The number of esters is 1. The largest absolute Gasteiger partial charge is 0.465 e. The van der Waals surface area contributed by atoms with Gasteiger partial charge >= 0.3 is 5.97 Å². The van der Waals surface area contributed by atoms with Crippen LogP contribution in [0.15, 0.2) is 12.1 Å². The molecule has 1 aromatic carbocycles. The Morgan fingerprint density at radius 2 is 2.12 bits per heavy atom. The first-order valence-corrected chi connectivity index (χ1v) is 4.93. The summed E-state index contributed by atoms with van der Waals surface area (Å²) >= 11 is 0. The van der Waals surface area contributed by atoms with Crippen LogP contribution in [0.5, 0.6) is 0 Å². The summed E-state index contributed by atoms with van der Waals surface area (Å²) in [5.74, 6) is -0.464. The molecule has 84 valence electrons. The maximum atomic E-state index is 11.4. The highest BCUT2D eigenvalue weighted by molar-refractivity contribution is 5.90. The number of hydrogen-bond donors (Lipinski definition) is 1. The Morgan fingerprint density at radius 1 is 1.50 bits per heavy atom. The molecule has 0 amide bonds. The van der Waals surface area contributed by atoms with E-state index < -0.39 is 5.97 Å². The Labute approximate surface area is 94.1 Å². The van der Waals surface area contributed by atoms with Gasteiger partial charge in [-0.15, -0.1) is 0 Å². The average Bonchev–Trinajstić information content (AvgIpc) is 2.35. The fourth-order valence-electron chi connectivity index (χ4n) is 1.55. The van der Waals surface area contributed by atoms with Gasteiger partial charge in [-0.3, -0.25) is 0 Å². The van der Waals surface area contributed by atoms with E-state index in [4.69, 9.17) is 10.4 Å². The first kappa shape index (κ1) is 12.2. The summed E-state index contributed by atoms with van der Waals surface area (Å²) in [7, 11) is 1.30. The smallest absolute Gasteiger partial charge is 0.337 e. The van der Waals surface area contributed by atoms with E-state index >= 15 is 0 Å². The molecule has 4 heteroatoms. The zero-order valence-corrected chi connectivity index (χ0v) is 9.28. The van der Waals surface area contributed by atoms with Gasteiger partial charge in [0, 0.05) is 0 Å². The van der Waals surface area contributed by atoms with Gasteiger partial charge in [0.2, 0.25) is 0 Å². The van der Waals surface area contributed by atoms with E-state index in [9.17, 15) is 4.79 Å². The molecule has 0 radical (unpaired) electrons. The lowest BCUT2D eigenvalue weighted by atomic mass is 9.97. The molecule has 0 saturated heterocycles. The van der Waals surface area contributed by atoms with Gasteiger partial charge in [-0.05, 0) is 29.7 Å². The van der Waals surface area contributed by atoms with Crippen LogP contribution in [0.4, 0.5) is 0 Å². The van der Waals surface area contributed by atoms with Gasteiger partial charge in [0.05, 0.1) is 30.9 Å². The fraction of sp³-hybridized carbons (Fsp3) is 0.333. The Kier molecular flexibility index (Phi) is 4.03. The average molecular weight is 219 g/mol. The number of rotatable bonds is 3. The van der Waals surface area contributed by atoms with Gasteiger partial charge in [-0.2, -0.15) is 5.26 Å². The molecule has 0 atom stereocenters. The van der Waals surface area contributed by atoms with E-state index in [0.29, 0.717) is 23.1 Å². The number of ether oxygens (including phenoxy) is 1. The van der Waals surface area contributed by atoms with Crippen molar-refractivity contribution in [3.8, 4) is 6.07 Å². The van der Waals surface area contributed by atoms with Crippen molar-refractivity contribution in [3.05, 3.63) is 34.4 Å². The maximum absolute atomic E-state index is 11.4. The molecule has 1 aromatic rings. The highest BCUT2D eigenvalue weighted by atomic mass is 16.5. The molecule has 1 rings (SSSR count). The van der Waals surface area contributed by atoms with E-state index in [2.05, 4.69) is 4.74 Å². The van der Waals surface area contributed by atoms with Crippen molar-refractivity contribution in [2.24, 2.45) is 0 Å². The second kappa shape index (κ2) is 5.29. The van der Waals surface area contributed by atoms with Crippen LogP contribution in [0, 0.1) is 11.3 Å². The predicted molar refractivity (Wildman–Crippen MR) is 57.8 cm³/mol. The maximum Gasteiger partial charge on any atom is 0.337 e. The zero-order chi connectivity index (χ0) is 12.1. The van der Waals surface area contributed by atoms with Crippen molar-refractivity contribution < 1.29 is 14.6 Å². The second-order valence-electron chi connectivity index (χ2n) is 3.28. The third-order valence-electron chi connectivity index (χ3n) is 2.39. The number of nitriles is 1. The third-order valence-corrected chi connectivity index (χ3v) is 2.39. The van der Waals surface area contributed by atoms with Crippen molar-refractivity contribution in [1.29, 1.82) is 5.26 Å². The molecule has 0 aliphatic carbocycles. The molecule has 0 fully saturated rings. The Hall–Kier alpha value is -1.86. The van der Waals surface area contributed by atoms with Crippen LogP contribution in [0.3, 0.4) is 0 Å². The van der Waals surface area contributed by atoms with Crippen LogP contribution >= 0.6 is 0 Å². The lowest BCUT2D eigenvalue weighted by Crippen LogP contribution is -2.06. The van der Waals surface area contributed by atoms with Crippen LogP contribution < -0.4 is 0 Å². The second-order valence-corrected chi connectivity index (χ2v) is 3.28. The van der Waals surface area contributed by atoms with Crippen LogP contribution in [0.2, 0.25) is 0 Å². The van der Waals surface area contributed by atoms with Gasteiger partial charge < -0.3 is 9.84 Å². The SMILES string of the molecule is CCc1cc(C(=O)OC)cc(CO)c1C#N. The van der Waals surface area contributed by atoms with Crippen LogP contribution in [0.25, 0.3) is 0 Å². The minimum absolute atomic E-state index is 0.263. The summed E-state index contributed by atoms with van der Waals surface area (Å²) in [6.45, 7) is 1.62. The summed E-state index contributed by atoms with van der Waals surface area (Å²) in [6.07, 6.45) is 0.626. The van der Waals surface area contributed by atoms with E-state index in [1.54, 1.807) is 6.07 Å². The monoisotopic (exact) mass is 219 g/mol. The molecule has 0 heterocycles. The van der Waals surface area contributed by atoms with Gasteiger partial charge in [0.1, 0.15) is 0 Å². The van der Waals surface area contributed by atoms with Crippen LogP contribution in [-0.2, 0) is 17.8 Å². The van der Waals surface area contributed by atoms with E-state index in [0.717, 1.165) is 5.56 Å². The molecule has 0 saturated carbocycles. The first-order valence-electron chi connectivity index (χ1n) is 4.93. The lowest BCUT2D eigenvalue weighted by molar-refractivity contribution is 0.0600. The molecule has 16 heavy (non-hydrogen) atoms. The summed E-state index contributed by atoms with van der Waals surface area (Å²) in [5.41, 5.74) is 2.01. The first-order chi connectivity index (χ1) is 7.67. The van der Waals surface area contributed by atoms with Crippen molar-refractivity contribution in [3.63, 3.8) is 0 Å². The summed E-state index contributed by atoms with van der Waals surface area (Å²) in [4.78, 5) is 11.4. The number of carbonyl (C=O) groups excluding carboxylic acids is 1. The van der Waals surface area contributed by atoms with E-state index in [-0.39, 0.29) is 6.61 Å². The quantitative estimate of drug-likeness (QED) is 0.780. The highest BCUT2D eigenvalue weighted by Crippen LogP contribution is 2.18. The number of aryl methyl sites for hydroxylation is 1. The lowest BCUT2D eigenvalue weighted by Gasteiger charge is -2.08. The third kappa shape index (κ3) is 2.20. The number of aliphatic hydroxyl groups excluding tert-OH is 1. The predicted octanol–water partition coefficient (Wildman–Crippen LogP) is 1.40. The van der Waals surface area contributed by atoms with Crippen molar-refractivity contribution in [1.82, 2.24) is 0 Å². The molecule has 1 N–H and O–H groups in total. The van der Waals surface area contributed by atoms with Gasteiger partial charge in [0.15, 0.2) is 0 Å². The molecule has 0 aromatic heterocycles. The van der Waals surface area contributed by atoms with Gasteiger partial charge in [-0.1, -0.05) is 6.92 Å². The zero-order valence-electron chi connectivity index (χ0n) is 9.28. The topological polar surface area (TPSA) is 70.3 Å². The summed E-state index contributed by atoms with van der Waals surface area (Å²) in [6, 6.07) is 5.16. The Balaban J connectivity index is 3.38. The molecule has 0 bridgehead atoms. The number of carbonyl (C=O) groups is 1. The number of methoxy groups -OCH3 is 1.